The number of hydrogen-bond acceptors (Lipinski definition) is 2. The molecule has 0 radical (unpaired) electrons. The van der Waals surface area contributed by atoms with Crippen molar-refractivity contribution in [3.05, 3.63) is 0 Å². The second-order valence-corrected chi connectivity index (χ2v) is 5.07. The number of nitrogens with one attached hydrogen (secondary N) is 1. The van der Waals surface area contributed by atoms with Crippen LogP contribution in [0, 0.1) is 11.3 Å². The first-order chi connectivity index (χ1) is 5.66. The van der Waals surface area contributed by atoms with Crippen molar-refractivity contribution >= 4 is 17.0 Å². The molecule has 0 saturated carbocycles. The molecule has 3 heteroatoms. The Morgan fingerprint density at radius 1 is 1.42 bits per heavy atom. The summed E-state index contributed by atoms with van der Waals surface area (Å²) >= 11 is 0. The summed E-state index contributed by atoms with van der Waals surface area (Å²) < 4.78 is 11.2. The van der Waals surface area contributed by atoms with E-state index in [0.29, 0.717) is 18.1 Å². The molecule has 0 saturated heterocycles. The van der Waals surface area contributed by atoms with E-state index >= 15 is 0 Å². The molecule has 0 amide bonds. The lowest BCUT2D eigenvalue weighted by atomic mass is 10.1. The van der Waals surface area contributed by atoms with Crippen LogP contribution in [0.1, 0.15) is 33.1 Å². The summed E-state index contributed by atoms with van der Waals surface area (Å²) in [5.74, 6) is 2.19. The Hall–Kier alpha value is -0.180. The molecule has 1 unspecified atom stereocenters. The molecule has 0 bridgehead atoms. The Kier molecular flexibility index (Phi) is 7.36. The van der Waals surface area contributed by atoms with E-state index in [4.69, 9.17) is 5.41 Å². The molecule has 1 atom stereocenters. The highest BCUT2D eigenvalue weighted by Crippen LogP contribution is 2.04. The van der Waals surface area contributed by atoms with Crippen LogP contribution in [0.3, 0.4) is 0 Å². The minimum absolute atomic E-state index is 0.661. The Labute approximate surface area is 77.7 Å². The highest BCUT2D eigenvalue weighted by atomic mass is 32.2. The summed E-state index contributed by atoms with van der Waals surface area (Å²) in [5.41, 5.74) is 0. The third-order valence-corrected chi connectivity index (χ3v) is 3.08. The van der Waals surface area contributed by atoms with Crippen LogP contribution in [0.25, 0.3) is 0 Å². The number of hydrogen-bond donors (Lipinski definition) is 1. The minimum atomic E-state index is -0.688. The largest absolute Gasteiger partial charge is 0.313 e. The molecule has 0 aromatic rings. The summed E-state index contributed by atoms with van der Waals surface area (Å²) in [6.07, 6.45) is 4.22. The van der Waals surface area contributed by atoms with Gasteiger partial charge in [0, 0.05) is 22.3 Å². The zero-order valence-electron chi connectivity index (χ0n) is 8.01. The van der Waals surface area contributed by atoms with Crippen LogP contribution in [0.5, 0.6) is 0 Å². The monoisotopic (exact) mass is 189 g/mol. The average molecular weight is 189 g/mol. The average Bonchev–Trinajstić information content (AvgIpc) is 2.00. The lowest BCUT2D eigenvalue weighted by Crippen LogP contribution is -2.04. The van der Waals surface area contributed by atoms with Crippen molar-refractivity contribution in [1.82, 2.24) is 0 Å². The molecular weight excluding hydrogens is 170 g/mol. The molecule has 1 N–H and O–H groups in total. The first kappa shape index (κ1) is 11.8. The molecule has 2 nitrogen and oxygen atoms in total. The zero-order chi connectivity index (χ0) is 9.40. The van der Waals surface area contributed by atoms with E-state index in [1.165, 1.54) is 6.21 Å². The molecule has 0 rings (SSSR count). The van der Waals surface area contributed by atoms with Crippen LogP contribution in [-0.4, -0.2) is 21.9 Å². The molecular formula is C9H19NOS. The van der Waals surface area contributed by atoms with Crippen LogP contribution in [0.2, 0.25) is 0 Å². The molecule has 0 spiro atoms. The van der Waals surface area contributed by atoms with E-state index in [0.717, 1.165) is 18.6 Å². The van der Waals surface area contributed by atoms with Gasteiger partial charge in [0.25, 0.3) is 0 Å². The van der Waals surface area contributed by atoms with Gasteiger partial charge < -0.3 is 5.41 Å². The van der Waals surface area contributed by atoms with Gasteiger partial charge in [0.05, 0.1) is 0 Å². The second-order valence-electron chi connectivity index (χ2n) is 3.38. The van der Waals surface area contributed by atoms with Crippen LogP contribution in [0.4, 0.5) is 0 Å². The molecule has 0 fully saturated rings. The molecule has 72 valence electrons. The molecule has 12 heavy (non-hydrogen) atoms. The van der Waals surface area contributed by atoms with Crippen molar-refractivity contribution < 1.29 is 4.21 Å². The molecule has 0 heterocycles. The SMILES string of the molecule is CC(C)CCCS(=O)CCC=N. The topological polar surface area (TPSA) is 40.9 Å². The van der Waals surface area contributed by atoms with E-state index in [1.807, 2.05) is 0 Å². The third-order valence-electron chi connectivity index (χ3n) is 1.64. The van der Waals surface area contributed by atoms with Crippen molar-refractivity contribution in [1.29, 1.82) is 5.41 Å². The normalized spacial score (nSPS) is 13.2. The minimum Gasteiger partial charge on any atom is -0.313 e. The summed E-state index contributed by atoms with van der Waals surface area (Å²) in [6.45, 7) is 4.36. The van der Waals surface area contributed by atoms with E-state index in [9.17, 15) is 4.21 Å². The lowest BCUT2D eigenvalue weighted by Gasteiger charge is -2.03. The highest BCUT2D eigenvalue weighted by Gasteiger charge is 1.99. The van der Waals surface area contributed by atoms with Gasteiger partial charge >= 0.3 is 0 Å². The quantitative estimate of drug-likeness (QED) is 0.613. The van der Waals surface area contributed by atoms with Gasteiger partial charge in [0.15, 0.2) is 0 Å². The van der Waals surface area contributed by atoms with E-state index < -0.39 is 10.8 Å². The van der Waals surface area contributed by atoms with Crippen molar-refractivity contribution in [2.24, 2.45) is 5.92 Å². The van der Waals surface area contributed by atoms with Crippen LogP contribution in [-0.2, 0) is 10.8 Å². The van der Waals surface area contributed by atoms with Gasteiger partial charge in [0.2, 0.25) is 0 Å². The molecule has 0 aromatic heterocycles. The van der Waals surface area contributed by atoms with Crippen molar-refractivity contribution in [3.8, 4) is 0 Å². The Morgan fingerprint density at radius 3 is 2.58 bits per heavy atom. The standard InChI is InChI=1S/C9H19NOS/c1-9(2)5-3-7-12(11)8-4-6-10/h6,9-10H,3-5,7-8H2,1-2H3. The molecule has 0 aliphatic heterocycles. The maximum Gasteiger partial charge on any atom is 0.0284 e. The van der Waals surface area contributed by atoms with E-state index in [-0.39, 0.29) is 0 Å². The molecule has 0 aromatic carbocycles. The summed E-state index contributed by atoms with van der Waals surface area (Å²) in [6, 6.07) is 0. The lowest BCUT2D eigenvalue weighted by molar-refractivity contribution is 0.575. The molecule has 0 aliphatic rings. The fourth-order valence-electron chi connectivity index (χ4n) is 0.945. The Bertz CT molecular complexity index is 145. The van der Waals surface area contributed by atoms with Gasteiger partial charge in [-0.3, -0.25) is 4.21 Å². The maximum atomic E-state index is 11.2. The van der Waals surface area contributed by atoms with Crippen LogP contribution >= 0.6 is 0 Å². The van der Waals surface area contributed by atoms with Crippen LogP contribution < -0.4 is 0 Å². The maximum absolute atomic E-state index is 11.2. The summed E-state index contributed by atoms with van der Waals surface area (Å²) in [5, 5.41) is 6.78. The van der Waals surface area contributed by atoms with Crippen molar-refractivity contribution in [3.63, 3.8) is 0 Å². The Morgan fingerprint density at radius 2 is 2.08 bits per heavy atom. The summed E-state index contributed by atoms with van der Waals surface area (Å²) in [7, 11) is -0.688. The highest BCUT2D eigenvalue weighted by molar-refractivity contribution is 7.84. The first-order valence-corrected chi connectivity index (χ1v) is 5.99. The van der Waals surface area contributed by atoms with Gasteiger partial charge in [-0.25, -0.2) is 0 Å². The van der Waals surface area contributed by atoms with Gasteiger partial charge in [-0.15, -0.1) is 0 Å². The second kappa shape index (κ2) is 7.47. The van der Waals surface area contributed by atoms with Gasteiger partial charge in [0.1, 0.15) is 0 Å². The molecule has 0 aliphatic carbocycles. The van der Waals surface area contributed by atoms with E-state index in [2.05, 4.69) is 13.8 Å². The van der Waals surface area contributed by atoms with Gasteiger partial charge in [-0.2, -0.15) is 0 Å². The fraction of sp³-hybridized carbons (Fsp3) is 0.889. The van der Waals surface area contributed by atoms with Gasteiger partial charge in [-0.1, -0.05) is 20.3 Å². The zero-order valence-corrected chi connectivity index (χ0v) is 8.82. The summed E-state index contributed by atoms with van der Waals surface area (Å²) in [4.78, 5) is 0. The van der Waals surface area contributed by atoms with Crippen molar-refractivity contribution in [2.45, 2.75) is 33.1 Å². The van der Waals surface area contributed by atoms with E-state index in [1.54, 1.807) is 0 Å². The first-order valence-electron chi connectivity index (χ1n) is 4.50. The number of rotatable bonds is 7. The fourth-order valence-corrected chi connectivity index (χ4v) is 2.02. The predicted octanol–water partition coefficient (Wildman–Crippen LogP) is 2.21. The smallest absolute Gasteiger partial charge is 0.0284 e. The third kappa shape index (κ3) is 7.92. The van der Waals surface area contributed by atoms with Crippen LogP contribution in [0.15, 0.2) is 0 Å². The Balaban J connectivity index is 3.25. The predicted molar refractivity (Wildman–Crippen MR) is 55.3 cm³/mol. The van der Waals surface area contributed by atoms with Crippen molar-refractivity contribution in [2.75, 3.05) is 11.5 Å². The van der Waals surface area contributed by atoms with Gasteiger partial charge in [-0.05, 0) is 25.0 Å².